The van der Waals surface area contributed by atoms with E-state index in [4.69, 9.17) is 0 Å². The largest absolute Gasteiger partial charge is 0.328 e. The molecule has 0 aliphatic carbocycles. The summed E-state index contributed by atoms with van der Waals surface area (Å²) < 4.78 is 53.2. The Labute approximate surface area is 194 Å². The summed E-state index contributed by atoms with van der Waals surface area (Å²) in [6, 6.07) is 12.5. The highest BCUT2D eigenvalue weighted by Crippen LogP contribution is 2.32. The summed E-state index contributed by atoms with van der Waals surface area (Å²) in [7, 11) is -6.04. The molecule has 0 saturated heterocycles. The van der Waals surface area contributed by atoms with Crippen molar-refractivity contribution >= 4 is 43.6 Å². The summed E-state index contributed by atoms with van der Waals surface area (Å²) in [5.74, 6) is -0.946. The summed E-state index contributed by atoms with van der Waals surface area (Å²) in [4.78, 5) is 24.1. The number of amides is 2. The zero-order valence-corrected chi connectivity index (χ0v) is 20.5. The molecule has 0 radical (unpaired) electrons. The quantitative estimate of drug-likeness (QED) is 0.684. The van der Waals surface area contributed by atoms with Crippen molar-refractivity contribution in [2.75, 3.05) is 16.1 Å². The van der Waals surface area contributed by atoms with Crippen molar-refractivity contribution in [3.8, 4) is 0 Å². The second-order valence-corrected chi connectivity index (χ2v) is 11.4. The van der Waals surface area contributed by atoms with E-state index in [0.717, 1.165) is 12.9 Å². The van der Waals surface area contributed by atoms with E-state index in [1.165, 1.54) is 7.05 Å². The van der Waals surface area contributed by atoms with Gasteiger partial charge in [0.25, 0.3) is 11.8 Å². The monoisotopic (exact) mass is 494 g/mol. The number of carbonyl (C=O) groups is 2. The molecule has 0 saturated carbocycles. The minimum absolute atomic E-state index is 0.337. The van der Waals surface area contributed by atoms with E-state index in [0.29, 0.717) is 22.5 Å². The van der Waals surface area contributed by atoms with Crippen molar-refractivity contribution in [3.63, 3.8) is 0 Å². The number of carbonyl (C=O) groups excluding carboxylic acids is 2. The SMILES string of the molecule is CC(C)N1C(=O)c2ccccc2N(C)S1(=O)=O.CC(C)N1C(=O)c2ccccc2NS1(=O)=O. The second kappa shape index (κ2) is 8.67. The number of anilines is 2. The molecule has 2 aromatic carbocycles. The van der Waals surface area contributed by atoms with Crippen LogP contribution in [0.3, 0.4) is 0 Å². The molecule has 0 spiro atoms. The molecule has 2 aromatic rings. The van der Waals surface area contributed by atoms with E-state index in [2.05, 4.69) is 4.72 Å². The van der Waals surface area contributed by atoms with Gasteiger partial charge in [0.1, 0.15) is 0 Å². The Morgan fingerprint density at radius 2 is 1.21 bits per heavy atom. The van der Waals surface area contributed by atoms with E-state index in [1.54, 1.807) is 76.2 Å². The zero-order valence-electron chi connectivity index (χ0n) is 18.9. The van der Waals surface area contributed by atoms with Crippen molar-refractivity contribution in [1.29, 1.82) is 0 Å². The first-order valence-electron chi connectivity index (χ1n) is 10.2. The van der Waals surface area contributed by atoms with Gasteiger partial charge in [0, 0.05) is 19.1 Å². The lowest BCUT2D eigenvalue weighted by atomic mass is 10.1. The number of nitrogens with zero attached hydrogens (tertiary/aromatic N) is 3. The molecule has 0 fully saturated rings. The molecule has 2 heterocycles. The lowest BCUT2D eigenvalue weighted by Gasteiger charge is -2.36. The molecule has 0 aromatic heterocycles. The molecular weight excluding hydrogens is 468 g/mol. The fourth-order valence-electron chi connectivity index (χ4n) is 3.60. The molecule has 0 atom stereocenters. The Kier molecular flexibility index (Phi) is 6.44. The highest BCUT2D eigenvalue weighted by Gasteiger charge is 2.41. The first-order chi connectivity index (χ1) is 15.3. The number of nitrogens with one attached hydrogen (secondary N) is 1. The average molecular weight is 495 g/mol. The van der Waals surface area contributed by atoms with E-state index in [-0.39, 0.29) is 0 Å². The maximum Gasteiger partial charge on any atom is 0.328 e. The Morgan fingerprint density at radius 1 is 0.727 bits per heavy atom. The van der Waals surface area contributed by atoms with Gasteiger partial charge in [0.2, 0.25) is 0 Å². The molecule has 1 N–H and O–H groups in total. The van der Waals surface area contributed by atoms with Crippen molar-refractivity contribution in [2.24, 2.45) is 0 Å². The van der Waals surface area contributed by atoms with Crippen LogP contribution in [-0.2, 0) is 20.4 Å². The van der Waals surface area contributed by atoms with Gasteiger partial charge in [0.05, 0.1) is 22.5 Å². The third-order valence-corrected chi connectivity index (χ3v) is 8.62. The van der Waals surface area contributed by atoms with E-state index >= 15 is 0 Å². The number of para-hydroxylation sites is 2. The molecular formula is C21H26N4O6S2. The molecule has 4 rings (SSSR count). The van der Waals surface area contributed by atoms with Crippen LogP contribution in [0, 0.1) is 0 Å². The predicted octanol–water partition coefficient (Wildman–Crippen LogP) is 2.44. The third kappa shape index (κ3) is 4.27. The fourth-order valence-corrected chi connectivity index (χ4v) is 6.53. The van der Waals surface area contributed by atoms with Gasteiger partial charge in [-0.3, -0.25) is 18.6 Å². The van der Waals surface area contributed by atoms with Gasteiger partial charge in [-0.1, -0.05) is 24.3 Å². The Morgan fingerprint density at radius 3 is 1.79 bits per heavy atom. The molecule has 178 valence electrons. The fraction of sp³-hybridized carbons (Fsp3) is 0.333. The van der Waals surface area contributed by atoms with Crippen molar-refractivity contribution in [2.45, 2.75) is 39.8 Å². The molecule has 2 amide bonds. The summed E-state index contributed by atoms with van der Waals surface area (Å²) in [5.41, 5.74) is 1.56. The van der Waals surface area contributed by atoms with Crippen LogP contribution in [0.2, 0.25) is 0 Å². The van der Waals surface area contributed by atoms with E-state index in [1.807, 2.05) is 0 Å². The van der Waals surface area contributed by atoms with Gasteiger partial charge in [0.15, 0.2) is 0 Å². The van der Waals surface area contributed by atoms with Crippen molar-refractivity contribution in [3.05, 3.63) is 59.7 Å². The van der Waals surface area contributed by atoms with Crippen LogP contribution < -0.4 is 9.03 Å². The first-order valence-corrected chi connectivity index (χ1v) is 13.0. The molecule has 10 nitrogen and oxygen atoms in total. The van der Waals surface area contributed by atoms with Crippen LogP contribution in [0.4, 0.5) is 11.4 Å². The minimum atomic E-state index is -3.75. The van der Waals surface area contributed by atoms with Crippen LogP contribution in [0.1, 0.15) is 48.4 Å². The molecule has 0 bridgehead atoms. The molecule has 12 heteroatoms. The minimum Gasteiger partial charge on any atom is -0.268 e. The van der Waals surface area contributed by atoms with Crippen LogP contribution in [-0.4, -0.2) is 56.4 Å². The van der Waals surface area contributed by atoms with Gasteiger partial charge < -0.3 is 0 Å². The first kappa shape index (κ1) is 24.5. The van der Waals surface area contributed by atoms with Crippen molar-refractivity contribution in [1.82, 2.24) is 8.61 Å². The van der Waals surface area contributed by atoms with Gasteiger partial charge in [-0.15, -0.1) is 0 Å². The van der Waals surface area contributed by atoms with Gasteiger partial charge in [-0.05, 0) is 52.0 Å². The normalized spacial score (nSPS) is 18.3. The smallest absolute Gasteiger partial charge is 0.268 e. The predicted molar refractivity (Wildman–Crippen MR) is 125 cm³/mol. The number of benzene rings is 2. The number of hydrogen-bond donors (Lipinski definition) is 1. The van der Waals surface area contributed by atoms with Crippen LogP contribution in [0.15, 0.2) is 48.5 Å². The molecule has 0 unspecified atom stereocenters. The lowest BCUT2D eigenvalue weighted by molar-refractivity contribution is 0.0822. The highest BCUT2D eigenvalue weighted by molar-refractivity contribution is 7.91. The van der Waals surface area contributed by atoms with E-state index < -0.39 is 44.3 Å². The molecule has 2 aliphatic heterocycles. The number of rotatable bonds is 2. The Balaban J connectivity index is 0.000000186. The zero-order chi connectivity index (χ0) is 24.7. The van der Waals surface area contributed by atoms with Gasteiger partial charge in [-0.25, -0.2) is 8.61 Å². The number of hydrogen-bond acceptors (Lipinski definition) is 6. The van der Waals surface area contributed by atoms with Gasteiger partial charge in [-0.2, -0.15) is 16.8 Å². The summed E-state index contributed by atoms with van der Waals surface area (Å²) >= 11 is 0. The Bertz CT molecular complexity index is 1310. The Hall–Kier alpha value is -3.12. The lowest BCUT2D eigenvalue weighted by Crippen LogP contribution is -2.52. The topological polar surface area (TPSA) is 124 Å². The van der Waals surface area contributed by atoms with Gasteiger partial charge >= 0.3 is 20.4 Å². The molecule has 2 aliphatic rings. The highest BCUT2D eigenvalue weighted by atomic mass is 32.2. The second-order valence-electron chi connectivity index (χ2n) is 8.03. The summed E-state index contributed by atoms with van der Waals surface area (Å²) in [5, 5.41) is 0. The summed E-state index contributed by atoms with van der Waals surface area (Å²) in [6.07, 6.45) is 0. The van der Waals surface area contributed by atoms with Crippen LogP contribution in [0.5, 0.6) is 0 Å². The van der Waals surface area contributed by atoms with Crippen molar-refractivity contribution < 1.29 is 26.4 Å². The van der Waals surface area contributed by atoms with E-state index in [9.17, 15) is 26.4 Å². The average Bonchev–Trinajstić information content (AvgIpc) is 2.71. The standard InChI is InChI=1S/C11H14N2O3S.C10H12N2O3S/c1-8(2)13-11(14)9-6-4-5-7-10(9)12(3)17(13,15)16;1-7(2)12-10(13)8-5-3-4-6-9(8)11-16(12,14)15/h4-8H,1-3H3;3-7,11H,1-2H3. The molecule has 33 heavy (non-hydrogen) atoms. The third-order valence-electron chi connectivity index (χ3n) is 5.06. The van der Waals surface area contributed by atoms with Crippen LogP contribution >= 0.6 is 0 Å². The maximum atomic E-state index is 12.2. The summed E-state index contributed by atoms with van der Waals surface area (Å²) in [6.45, 7) is 6.67. The van der Waals surface area contributed by atoms with Crippen LogP contribution in [0.25, 0.3) is 0 Å². The number of fused-ring (bicyclic) bond motifs is 2. The maximum absolute atomic E-state index is 12.2.